The summed E-state index contributed by atoms with van der Waals surface area (Å²) in [5, 5.41) is 1.67. The fraction of sp³-hybridized carbons (Fsp3) is 0.520. The second-order valence-electron chi connectivity index (χ2n) is 8.85. The molecule has 2 aromatic carbocycles. The Kier molecular flexibility index (Phi) is 8.65. The van der Waals surface area contributed by atoms with Gasteiger partial charge in [-0.3, -0.25) is 9.80 Å². The molecule has 2 aromatic rings. The van der Waals surface area contributed by atoms with Crippen molar-refractivity contribution in [2.45, 2.75) is 19.5 Å². The van der Waals surface area contributed by atoms with Crippen molar-refractivity contribution in [1.29, 1.82) is 0 Å². The Morgan fingerprint density at radius 2 is 0.935 bits per heavy atom. The van der Waals surface area contributed by atoms with Gasteiger partial charge in [0.15, 0.2) is 0 Å². The lowest BCUT2D eigenvalue weighted by Crippen LogP contribution is -2.48. The molecule has 0 unspecified atom stereocenters. The number of halogens is 2. The van der Waals surface area contributed by atoms with E-state index >= 15 is 0 Å². The van der Waals surface area contributed by atoms with E-state index in [-0.39, 0.29) is 0 Å². The van der Waals surface area contributed by atoms with Crippen LogP contribution in [-0.2, 0) is 13.1 Å². The molecule has 2 heterocycles. The maximum Gasteiger partial charge on any atom is 0.0409 e. The Bertz CT molecular complexity index is 747. The van der Waals surface area contributed by atoms with Crippen LogP contribution in [0.5, 0.6) is 0 Å². The molecule has 0 atom stereocenters. The zero-order chi connectivity index (χ0) is 21.5. The quantitative estimate of drug-likeness (QED) is 0.581. The Hall–Kier alpha value is -1.14. The second-order valence-corrected chi connectivity index (χ2v) is 9.72. The molecule has 0 N–H and O–H groups in total. The summed E-state index contributed by atoms with van der Waals surface area (Å²) >= 11 is 12.2. The SMILES string of the molecule is Clc1cccc(CN2CCN(CCCN3CCN(Cc4cccc(Cl)c4)CC3)CC2)c1. The third-order valence-electron chi connectivity index (χ3n) is 6.47. The molecular weight excluding hydrogens is 427 g/mol. The molecule has 0 saturated carbocycles. The lowest BCUT2D eigenvalue weighted by atomic mass is 10.2. The molecule has 0 amide bonds. The van der Waals surface area contributed by atoms with E-state index in [4.69, 9.17) is 23.2 Å². The van der Waals surface area contributed by atoms with Gasteiger partial charge in [0.2, 0.25) is 0 Å². The smallest absolute Gasteiger partial charge is 0.0409 e. The molecule has 0 spiro atoms. The first kappa shape index (κ1) is 23.0. The van der Waals surface area contributed by atoms with E-state index in [0.717, 1.165) is 49.3 Å². The van der Waals surface area contributed by atoms with Gasteiger partial charge in [0.25, 0.3) is 0 Å². The van der Waals surface area contributed by atoms with Crippen LogP contribution >= 0.6 is 23.2 Å². The number of benzene rings is 2. The van der Waals surface area contributed by atoms with Crippen LogP contribution in [0, 0.1) is 0 Å². The van der Waals surface area contributed by atoms with Crippen LogP contribution in [-0.4, -0.2) is 85.0 Å². The van der Waals surface area contributed by atoms with Crippen molar-refractivity contribution in [1.82, 2.24) is 19.6 Å². The summed E-state index contributed by atoms with van der Waals surface area (Å²) in [7, 11) is 0. The van der Waals surface area contributed by atoms with Crippen LogP contribution < -0.4 is 0 Å². The van der Waals surface area contributed by atoms with Crippen molar-refractivity contribution in [3.63, 3.8) is 0 Å². The number of hydrogen-bond acceptors (Lipinski definition) is 4. The molecule has 4 rings (SSSR count). The number of piperazine rings is 2. The lowest BCUT2D eigenvalue weighted by molar-refractivity contribution is 0.106. The first-order chi connectivity index (χ1) is 15.1. The third kappa shape index (κ3) is 7.45. The highest BCUT2D eigenvalue weighted by Gasteiger charge is 2.19. The fourth-order valence-electron chi connectivity index (χ4n) is 4.65. The third-order valence-corrected chi connectivity index (χ3v) is 6.94. The van der Waals surface area contributed by atoms with Crippen LogP contribution in [0.1, 0.15) is 17.5 Å². The standard InChI is InChI=1S/C25H34Cl2N4/c26-24-6-1-4-22(18-24)20-30-14-10-28(11-15-30)8-3-9-29-12-16-31(17-13-29)21-23-5-2-7-25(27)19-23/h1-2,4-7,18-19H,3,8-17,20-21H2. The highest BCUT2D eigenvalue weighted by Crippen LogP contribution is 2.15. The molecule has 2 fully saturated rings. The molecule has 4 nitrogen and oxygen atoms in total. The van der Waals surface area contributed by atoms with Crippen molar-refractivity contribution in [3.8, 4) is 0 Å². The van der Waals surface area contributed by atoms with Gasteiger partial charge in [0.1, 0.15) is 0 Å². The molecule has 168 valence electrons. The van der Waals surface area contributed by atoms with E-state index in [2.05, 4.69) is 43.9 Å². The number of hydrogen-bond donors (Lipinski definition) is 0. The highest BCUT2D eigenvalue weighted by atomic mass is 35.5. The van der Waals surface area contributed by atoms with Crippen LogP contribution in [0.3, 0.4) is 0 Å². The van der Waals surface area contributed by atoms with E-state index in [0.29, 0.717) is 0 Å². The van der Waals surface area contributed by atoms with Gasteiger partial charge in [-0.15, -0.1) is 0 Å². The summed E-state index contributed by atoms with van der Waals surface area (Å²) in [5.74, 6) is 0. The topological polar surface area (TPSA) is 13.0 Å². The van der Waals surface area contributed by atoms with Crippen LogP contribution in [0.4, 0.5) is 0 Å². The Morgan fingerprint density at radius 3 is 1.32 bits per heavy atom. The molecule has 6 heteroatoms. The number of rotatable bonds is 8. The van der Waals surface area contributed by atoms with Crippen molar-refractivity contribution < 1.29 is 0 Å². The normalized spacial score (nSPS) is 19.7. The molecule has 31 heavy (non-hydrogen) atoms. The van der Waals surface area contributed by atoms with E-state index < -0.39 is 0 Å². The predicted molar refractivity (Wildman–Crippen MR) is 131 cm³/mol. The van der Waals surface area contributed by atoms with Crippen LogP contribution in [0.15, 0.2) is 48.5 Å². The molecule has 0 aliphatic carbocycles. The minimum Gasteiger partial charge on any atom is -0.301 e. The van der Waals surface area contributed by atoms with E-state index in [1.54, 1.807) is 0 Å². The van der Waals surface area contributed by atoms with Gasteiger partial charge in [0, 0.05) is 75.5 Å². The second kappa shape index (κ2) is 11.6. The van der Waals surface area contributed by atoms with Gasteiger partial charge >= 0.3 is 0 Å². The largest absolute Gasteiger partial charge is 0.301 e. The molecule has 2 aliphatic heterocycles. The Balaban J connectivity index is 1.08. The average molecular weight is 461 g/mol. The van der Waals surface area contributed by atoms with Crippen LogP contribution in [0.2, 0.25) is 10.0 Å². The summed E-state index contributed by atoms with van der Waals surface area (Å²) in [4.78, 5) is 10.3. The molecular formula is C25H34Cl2N4. The summed E-state index contributed by atoms with van der Waals surface area (Å²) in [6, 6.07) is 16.5. The first-order valence-corrected chi connectivity index (χ1v) is 12.3. The summed E-state index contributed by atoms with van der Waals surface area (Å²) in [5.41, 5.74) is 2.63. The van der Waals surface area contributed by atoms with Crippen molar-refractivity contribution >= 4 is 23.2 Å². The fourth-order valence-corrected chi connectivity index (χ4v) is 5.07. The van der Waals surface area contributed by atoms with Gasteiger partial charge in [0.05, 0.1) is 0 Å². The summed E-state index contributed by atoms with van der Waals surface area (Å²) in [6.45, 7) is 13.7. The summed E-state index contributed by atoms with van der Waals surface area (Å²) in [6.07, 6.45) is 1.27. The van der Waals surface area contributed by atoms with E-state index in [1.165, 1.54) is 56.8 Å². The zero-order valence-corrected chi connectivity index (χ0v) is 19.9. The number of nitrogens with zero attached hydrogens (tertiary/aromatic N) is 4. The molecule has 0 aromatic heterocycles. The van der Waals surface area contributed by atoms with Crippen molar-refractivity contribution in [3.05, 3.63) is 69.7 Å². The predicted octanol–water partition coefficient (Wildman–Crippen LogP) is 4.32. The van der Waals surface area contributed by atoms with Gasteiger partial charge in [-0.2, -0.15) is 0 Å². The van der Waals surface area contributed by atoms with Crippen LogP contribution in [0.25, 0.3) is 0 Å². The molecule has 2 saturated heterocycles. The van der Waals surface area contributed by atoms with Crippen molar-refractivity contribution in [2.24, 2.45) is 0 Å². The zero-order valence-electron chi connectivity index (χ0n) is 18.4. The van der Waals surface area contributed by atoms with Gasteiger partial charge in [-0.25, -0.2) is 0 Å². The van der Waals surface area contributed by atoms with Crippen molar-refractivity contribution in [2.75, 3.05) is 65.4 Å². The summed E-state index contributed by atoms with van der Waals surface area (Å²) < 4.78 is 0. The van der Waals surface area contributed by atoms with Gasteiger partial charge < -0.3 is 9.80 Å². The molecule has 0 radical (unpaired) electrons. The highest BCUT2D eigenvalue weighted by molar-refractivity contribution is 6.30. The Labute approximate surface area is 197 Å². The minimum absolute atomic E-state index is 0.835. The molecule has 0 bridgehead atoms. The minimum atomic E-state index is 0.835. The van der Waals surface area contributed by atoms with Gasteiger partial charge in [-0.05, 0) is 54.9 Å². The Morgan fingerprint density at radius 1 is 0.548 bits per heavy atom. The van der Waals surface area contributed by atoms with Gasteiger partial charge in [-0.1, -0.05) is 47.5 Å². The maximum atomic E-state index is 6.12. The lowest BCUT2D eigenvalue weighted by Gasteiger charge is -2.37. The monoisotopic (exact) mass is 460 g/mol. The molecule has 2 aliphatic rings. The van der Waals surface area contributed by atoms with E-state index in [9.17, 15) is 0 Å². The van der Waals surface area contributed by atoms with E-state index in [1.807, 2.05) is 24.3 Å². The maximum absolute atomic E-state index is 6.12. The average Bonchev–Trinajstić information content (AvgIpc) is 2.76. The first-order valence-electron chi connectivity index (χ1n) is 11.5.